The average molecular weight is 421 g/mol. The monoisotopic (exact) mass is 420 g/mol. The van der Waals surface area contributed by atoms with E-state index in [4.69, 9.17) is 0 Å². The highest BCUT2D eigenvalue weighted by Gasteiger charge is 2.34. The summed E-state index contributed by atoms with van der Waals surface area (Å²) in [5.74, 6) is -0.551. The Morgan fingerprint density at radius 2 is 1.72 bits per heavy atom. The summed E-state index contributed by atoms with van der Waals surface area (Å²) in [4.78, 5) is 13.8. The maximum absolute atomic E-state index is 13.1. The molecule has 1 aliphatic rings. The number of benzene rings is 2. The standard InChI is InChI=1S/C21H26FN3O3S/c1-15-4-5-16(2)20(14-15)23-21(26)17(3)24-10-12-25(13-11-24)29(27,28)19-8-6-18(22)7-9-19/h4-9,14,17H,10-13H2,1-3H3,(H,23,26)/p+1/t17-/m1/s1. The zero-order chi connectivity index (χ0) is 21.2. The maximum atomic E-state index is 13.1. The highest BCUT2D eigenvalue weighted by Crippen LogP contribution is 2.17. The summed E-state index contributed by atoms with van der Waals surface area (Å²) < 4.78 is 40.0. The molecule has 3 rings (SSSR count). The van der Waals surface area contributed by atoms with E-state index < -0.39 is 15.8 Å². The van der Waals surface area contributed by atoms with E-state index >= 15 is 0 Å². The number of nitrogens with one attached hydrogen (secondary N) is 2. The number of carbonyl (C=O) groups is 1. The van der Waals surface area contributed by atoms with Gasteiger partial charge in [-0.3, -0.25) is 4.79 Å². The van der Waals surface area contributed by atoms with Crippen LogP contribution in [-0.2, 0) is 14.8 Å². The third kappa shape index (κ3) is 4.83. The molecular formula is C21H27FN3O3S+. The number of rotatable bonds is 5. The Hall–Kier alpha value is -2.29. The molecule has 2 aromatic carbocycles. The smallest absolute Gasteiger partial charge is 0.282 e. The van der Waals surface area contributed by atoms with Crippen molar-refractivity contribution in [1.82, 2.24) is 4.31 Å². The summed E-state index contributed by atoms with van der Waals surface area (Å²) in [6.45, 7) is 7.48. The predicted octanol–water partition coefficient (Wildman–Crippen LogP) is 1.36. The highest BCUT2D eigenvalue weighted by atomic mass is 32.2. The molecule has 1 aliphatic heterocycles. The van der Waals surface area contributed by atoms with E-state index in [1.165, 1.54) is 16.4 Å². The van der Waals surface area contributed by atoms with E-state index in [1.807, 2.05) is 39.0 Å². The van der Waals surface area contributed by atoms with Gasteiger partial charge in [-0.25, -0.2) is 12.8 Å². The fourth-order valence-corrected chi connectivity index (χ4v) is 4.94. The number of hydrogen-bond acceptors (Lipinski definition) is 3. The van der Waals surface area contributed by atoms with Gasteiger partial charge in [0.1, 0.15) is 5.82 Å². The van der Waals surface area contributed by atoms with Crippen LogP contribution in [0.3, 0.4) is 0 Å². The SMILES string of the molecule is Cc1ccc(C)c(NC(=O)[C@@H](C)[NH+]2CCN(S(=O)(=O)c3ccc(F)cc3)CC2)c1. The van der Waals surface area contributed by atoms with Gasteiger partial charge in [-0.2, -0.15) is 4.31 Å². The predicted molar refractivity (Wildman–Crippen MR) is 110 cm³/mol. The van der Waals surface area contributed by atoms with Crippen molar-refractivity contribution in [2.45, 2.75) is 31.7 Å². The first-order valence-electron chi connectivity index (χ1n) is 9.67. The average Bonchev–Trinajstić information content (AvgIpc) is 2.70. The minimum absolute atomic E-state index is 0.0801. The molecule has 1 atom stereocenters. The van der Waals surface area contributed by atoms with Crippen LogP contribution in [0.15, 0.2) is 47.4 Å². The van der Waals surface area contributed by atoms with E-state index in [0.717, 1.165) is 33.8 Å². The molecule has 2 aromatic rings. The topological polar surface area (TPSA) is 70.9 Å². The van der Waals surface area contributed by atoms with Crippen molar-refractivity contribution in [1.29, 1.82) is 0 Å². The molecule has 0 bridgehead atoms. The number of amides is 1. The number of aryl methyl sites for hydroxylation is 2. The van der Waals surface area contributed by atoms with E-state index in [0.29, 0.717) is 26.2 Å². The van der Waals surface area contributed by atoms with Crippen LogP contribution in [0.4, 0.5) is 10.1 Å². The lowest BCUT2D eigenvalue weighted by molar-refractivity contribution is -0.917. The lowest BCUT2D eigenvalue weighted by atomic mass is 10.1. The second kappa shape index (κ2) is 8.61. The first-order chi connectivity index (χ1) is 13.7. The summed E-state index contributed by atoms with van der Waals surface area (Å²) in [5, 5.41) is 2.99. The highest BCUT2D eigenvalue weighted by molar-refractivity contribution is 7.89. The fraction of sp³-hybridized carbons (Fsp3) is 0.381. The Bertz CT molecular complexity index is 985. The number of nitrogens with zero attached hydrogens (tertiary/aromatic N) is 1. The summed E-state index contributed by atoms with van der Waals surface area (Å²) in [6, 6.07) is 10.5. The Labute approximate surface area is 171 Å². The van der Waals surface area contributed by atoms with Gasteiger partial charge in [-0.15, -0.1) is 0 Å². The van der Waals surface area contributed by atoms with E-state index in [9.17, 15) is 17.6 Å². The van der Waals surface area contributed by atoms with Crippen molar-refractivity contribution in [2.24, 2.45) is 0 Å². The molecule has 0 radical (unpaired) electrons. The normalized spacial score (nSPS) is 17.1. The van der Waals surface area contributed by atoms with Crippen molar-refractivity contribution in [2.75, 3.05) is 31.5 Å². The minimum atomic E-state index is -3.65. The third-order valence-electron chi connectivity index (χ3n) is 5.47. The quantitative estimate of drug-likeness (QED) is 0.767. The van der Waals surface area contributed by atoms with Crippen LogP contribution in [0.25, 0.3) is 0 Å². The first-order valence-corrected chi connectivity index (χ1v) is 11.1. The summed E-state index contributed by atoms with van der Waals surface area (Å²) in [5.41, 5.74) is 2.88. The molecule has 29 heavy (non-hydrogen) atoms. The van der Waals surface area contributed by atoms with Gasteiger partial charge in [-0.05, 0) is 62.2 Å². The number of carbonyl (C=O) groups excluding carboxylic acids is 1. The Kier molecular flexibility index (Phi) is 6.36. The van der Waals surface area contributed by atoms with Crippen molar-refractivity contribution in [3.8, 4) is 0 Å². The van der Waals surface area contributed by atoms with Gasteiger partial charge in [0.05, 0.1) is 31.1 Å². The lowest BCUT2D eigenvalue weighted by Gasteiger charge is -2.34. The Morgan fingerprint density at radius 3 is 2.34 bits per heavy atom. The molecule has 0 unspecified atom stereocenters. The van der Waals surface area contributed by atoms with Gasteiger partial charge < -0.3 is 10.2 Å². The zero-order valence-corrected chi connectivity index (χ0v) is 17.7. The van der Waals surface area contributed by atoms with E-state index in [2.05, 4.69) is 5.32 Å². The zero-order valence-electron chi connectivity index (χ0n) is 16.9. The van der Waals surface area contributed by atoms with Crippen LogP contribution < -0.4 is 10.2 Å². The molecule has 1 amide bonds. The van der Waals surface area contributed by atoms with E-state index in [-0.39, 0.29) is 16.8 Å². The number of sulfonamides is 1. The summed E-state index contributed by atoms with van der Waals surface area (Å²) in [6.07, 6.45) is 0. The van der Waals surface area contributed by atoms with Gasteiger partial charge >= 0.3 is 0 Å². The number of anilines is 1. The van der Waals surface area contributed by atoms with Crippen molar-refractivity contribution in [3.63, 3.8) is 0 Å². The molecule has 0 spiro atoms. The molecule has 2 N–H and O–H groups in total. The van der Waals surface area contributed by atoms with Gasteiger partial charge in [0.2, 0.25) is 10.0 Å². The van der Waals surface area contributed by atoms with Gasteiger partial charge in [0.25, 0.3) is 5.91 Å². The van der Waals surface area contributed by atoms with Crippen LogP contribution in [0.1, 0.15) is 18.1 Å². The van der Waals surface area contributed by atoms with Gasteiger partial charge in [0.15, 0.2) is 6.04 Å². The van der Waals surface area contributed by atoms with Gasteiger partial charge in [-0.1, -0.05) is 12.1 Å². The van der Waals surface area contributed by atoms with Crippen LogP contribution in [0.5, 0.6) is 0 Å². The molecule has 8 heteroatoms. The molecule has 6 nitrogen and oxygen atoms in total. The lowest BCUT2D eigenvalue weighted by Crippen LogP contribution is -3.19. The van der Waals surface area contributed by atoms with Crippen LogP contribution in [-0.4, -0.2) is 50.9 Å². The van der Waals surface area contributed by atoms with Crippen LogP contribution in [0.2, 0.25) is 0 Å². The third-order valence-corrected chi connectivity index (χ3v) is 7.39. The van der Waals surface area contributed by atoms with Crippen LogP contribution >= 0.6 is 0 Å². The second-order valence-electron chi connectivity index (χ2n) is 7.55. The molecule has 156 valence electrons. The molecular weight excluding hydrogens is 393 g/mol. The number of hydrogen-bond donors (Lipinski definition) is 2. The Morgan fingerprint density at radius 1 is 1.10 bits per heavy atom. The second-order valence-corrected chi connectivity index (χ2v) is 9.48. The van der Waals surface area contributed by atoms with Crippen molar-refractivity contribution in [3.05, 3.63) is 59.4 Å². The summed E-state index contributed by atoms with van der Waals surface area (Å²) in [7, 11) is -3.65. The van der Waals surface area contributed by atoms with E-state index in [1.54, 1.807) is 0 Å². The number of halogens is 1. The van der Waals surface area contributed by atoms with Crippen molar-refractivity contribution < 1.29 is 22.5 Å². The molecule has 1 heterocycles. The largest absolute Gasteiger partial charge is 0.323 e. The molecule has 0 aromatic heterocycles. The number of quaternary nitrogens is 1. The van der Waals surface area contributed by atoms with Gasteiger partial charge in [0, 0.05) is 5.69 Å². The first kappa shape index (κ1) is 21.4. The fourth-order valence-electron chi connectivity index (χ4n) is 3.50. The molecule has 0 aliphatic carbocycles. The van der Waals surface area contributed by atoms with Crippen LogP contribution in [0, 0.1) is 19.7 Å². The van der Waals surface area contributed by atoms with Crippen molar-refractivity contribution >= 4 is 21.6 Å². The minimum Gasteiger partial charge on any atom is -0.323 e. The molecule has 0 saturated carbocycles. The number of piperazine rings is 1. The molecule has 1 fully saturated rings. The Balaban J connectivity index is 1.61. The molecule has 1 saturated heterocycles. The summed E-state index contributed by atoms with van der Waals surface area (Å²) >= 11 is 0. The maximum Gasteiger partial charge on any atom is 0.282 e.